The molecule has 1 fully saturated rings. The summed E-state index contributed by atoms with van der Waals surface area (Å²) in [6, 6.07) is 2.52. The maximum atomic E-state index is 5.27. The fraction of sp³-hybridized carbons (Fsp3) is 0.667. The maximum absolute atomic E-state index is 5.27. The molecule has 1 heterocycles. The molecular weight excluding hydrogens is 224 g/mol. The van der Waals surface area contributed by atoms with Crippen LogP contribution in [0.3, 0.4) is 0 Å². The number of aromatic nitrogens is 1. The van der Waals surface area contributed by atoms with Gasteiger partial charge in [-0.3, -0.25) is 4.98 Å². The molecule has 1 aromatic rings. The van der Waals surface area contributed by atoms with Gasteiger partial charge in [-0.25, -0.2) is 0 Å². The second-order valence-electron chi connectivity index (χ2n) is 5.18. The van der Waals surface area contributed by atoms with Gasteiger partial charge in [0.25, 0.3) is 0 Å². The lowest BCUT2D eigenvalue weighted by Crippen LogP contribution is -2.25. The molecule has 0 radical (unpaired) electrons. The molecule has 0 spiro atoms. The standard InChI is InChI=1S/C15H24N2O/c1-16-15(12-7-5-3-4-6-8-12)13-9-14(18-2)11-17-10-13/h9-12,15-16H,3-8H2,1-2H3. The first-order valence-electron chi connectivity index (χ1n) is 7.01. The Hall–Kier alpha value is -1.09. The second-order valence-corrected chi connectivity index (χ2v) is 5.18. The highest BCUT2D eigenvalue weighted by molar-refractivity contribution is 5.26. The van der Waals surface area contributed by atoms with Crippen molar-refractivity contribution < 1.29 is 4.74 Å². The number of ether oxygens (including phenoxy) is 1. The van der Waals surface area contributed by atoms with Crippen LogP contribution in [-0.2, 0) is 0 Å². The molecule has 1 aliphatic carbocycles. The quantitative estimate of drug-likeness (QED) is 0.830. The molecule has 1 aromatic heterocycles. The maximum Gasteiger partial charge on any atom is 0.137 e. The van der Waals surface area contributed by atoms with Crippen LogP contribution in [0.5, 0.6) is 5.75 Å². The Morgan fingerprint density at radius 1 is 1.22 bits per heavy atom. The molecule has 1 N–H and O–H groups in total. The Morgan fingerprint density at radius 3 is 2.56 bits per heavy atom. The summed E-state index contributed by atoms with van der Waals surface area (Å²) in [5.41, 5.74) is 1.25. The predicted molar refractivity (Wildman–Crippen MR) is 73.8 cm³/mol. The van der Waals surface area contributed by atoms with Gasteiger partial charge in [0.05, 0.1) is 13.3 Å². The monoisotopic (exact) mass is 248 g/mol. The molecule has 100 valence electrons. The van der Waals surface area contributed by atoms with E-state index in [9.17, 15) is 0 Å². The number of pyridine rings is 1. The Morgan fingerprint density at radius 2 is 1.94 bits per heavy atom. The Balaban J connectivity index is 2.15. The van der Waals surface area contributed by atoms with Gasteiger partial charge in [-0.15, -0.1) is 0 Å². The molecule has 3 heteroatoms. The zero-order valence-corrected chi connectivity index (χ0v) is 11.5. The smallest absolute Gasteiger partial charge is 0.137 e. The number of nitrogens with zero attached hydrogens (tertiary/aromatic N) is 1. The van der Waals surface area contributed by atoms with Crippen molar-refractivity contribution in [3.63, 3.8) is 0 Å². The normalized spacial score (nSPS) is 19.2. The lowest BCUT2D eigenvalue weighted by atomic mass is 9.88. The van der Waals surface area contributed by atoms with Crippen LogP contribution >= 0.6 is 0 Å². The molecule has 1 atom stereocenters. The zero-order chi connectivity index (χ0) is 12.8. The lowest BCUT2D eigenvalue weighted by molar-refractivity contribution is 0.339. The summed E-state index contributed by atoms with van der Waals surface area (Å²) < 4.78 is 5.27. The number of hydrogen-bond acceptors (Lipinski definition) is 3. The minimum Gasteiger partial charge on any atom is -0.495 e. The molecule has 1 unspecified atom stereocenters. The van der Waals surface area contributed by atoms with Gasteiger partial charge < -0.3 is 10.1 Å². The fourth-order valence-electron chi connectivity index (χ4n) is 3.04. The minimum atomic E-state index is 0.408. The van der Waals surface area contributed by atoms with Gasteiger partial charge in [-0.2, -0.15) is 0 Å². The predicted octanol–water partition coefficient (Wildman–Crippen LogP) is 3.32. The summed E-state index contributed by atoms with van der Waals surface area (Å²) in [4.78, 5) is 4.28. The van der Waals surface area contributed by atoms with Crippen LogP contribution in [-0.4, -0.2) is 19.1 Å². The van der Waals surface area contributed by atoms with Crippen LogP contribution in [0.25, 0.3) is 0 Å². The Labute approximate surface area is 110 Å². The van der Waals surface area contributed by atoms with Crippen molar-refractivity contribution in [2.75, 3.05) is 14.2 Å². The number of nitrogens with one attached hydrogen (secondary N) is 1. The minimum absolute atomic E-state index is 0.408. The molecule has 1 saturated carbocycles. The topological polar surface area (TPSA) is 34.2 Å². The van der Waals surface area contributed by atoms with E-state index in [0.717, 1.165) is 11.7 Å². The average Bonchev–Trinajstić information content (AvgIpc) is 2.69. The van der Waals surface area contributed by atoms with Crippen molar-refractivity contribution in [3.8, 4) is 5.75 Å². The Kier molecular flexibility index (Phi) is 5.00. The molecule has 2 rings (SSSR count). The fourth-order valence-corrected chi connectivity index (χ4v) is 3.04. The summed E-state index contributed by atoms with van der Waals surface area (Å²) in [5.74, 6) is 1.58. The van der Waals surface area contributed by atoms with E-state index in [2.05, 4.69) is 23.4 Å². The first-order chi connectivity index (χ1) is 8.85. The van der Waals surface area contributed by atoms with Gasteiger partial charge in [0.2, 0.25) is 0 Å². The first kappa shape index (κ1) is 13.3. The third-order valence-corrected chi connectivity index (χ3v) is 4.01. The second kappa shape index (κ2) is 6.74. The van der Waals surface area contributed by atoms with Crippen LogP contribution in [0.15, 0.2) is 18.5 Å². The van der Waals surface area contributed by atoms with Gasteiger partial charge in [0.1, 0.15) is 5.75 Å². The van der Waals surface area contributed by atoms with Crippen molar-refractivity contribution >= 4 is 0 Å². The largest absolute Gasteiger partial charge is 0.495 e. The molecular formula is C15H24N2O. The molecule has 0 bridgehead atoms. The van der Waals surface area contributed by atoms with Crippen LogP contribution < -0.4 is 10.1 Å². The molecule has 0 aliphatic heterocycles. The van der Waals surface area contributed by atoms with E-state index in [-0.39, 0.29) is 0 Å². The van der Waals surface area contributed by atoms with E-state index in [1.807, 2.05) is 6.20 Å². The van der Waals surface area contributed by atoms with Crippen molar-refractivity contribution in [1.82, 2.24) is 10.3 Å². The van der Waals surface area contributed by atoms with E-state index < -0.39 is 0 Å². The van der Waals surface area contributed by atoms with Crippen molar-refractivity contribution in [2.45, 2.75) is 44.6 Å². The highest BCUT2D eigenvalue weighted by atomic mass is 16.5. The molecule has 0 aromatic carbocycles. The lowest BCUT2D eigenvalue weighted by Gasteiger charge is -2.26. The van der Waals surface area contributed by atoms with Crippen LogP contribution in [0.1, 0.15) is 50.1 Å². The molecule has 1 aliphatic rings. The van der Waals surface area contributed by atoms with Gasteiger partial charge in [-0.05, 0) is 37.4 Å². The van der Waals surface area contributed by atoms with E-state index in [4.69, 9.17) is 4.74 Å². The van der Waals surface area contributed by atoms with E-state index >= 15 is 0 Å². The van der Waals surface area contributed by atoms with Gasteiger partial charge >= 0.3 is 0 Å². The summed E-state index contributed by atoms with van der Waals surface area (Å²) in [6.07, 6.45) is 11.9. The van der Waals surface area contributed by atoms with Gasteiger partial charge in [0.15, 0.2) is 0 Å². The van der Waals surface area contributed by atoms with Gasteiger partial charge in [0, 0.05) is 12.2 Å². The van der Waals surface area contributed by atoms with E-state index in [0.29, 0.717) is 6.04 Å². The van der Waals surface area contributed by atoms with Crippen LogP contribution in [0, 0.1) is 5.92 Å². The number of methoxy groups -OCH3 is 1. The highest BCUT2D eigenvalue weighted by Gasteiger charge is 2.23. The third-order valence-electron chi connectivity index (χ3n) is 4.01. The van der Waals surface area contributed by atoms with Crippen molar-refractivity contribution in [2.24, 2.45) is 5.92 Å². The number of hydrogen-bond donors (Lipinski definition) is 1. The molecule has 3 nitrogen and oxygen atoms in total. The van der Waals surface area contributed by atoms with E-state index in [1.54, 1.807) is 13.3 Å². The summed E-state index contributed by atoms with van der Waals surface area (Å²) in [7, 11) is 3.75. The van der Waals surface area contributed by atoms with Crippen molar-refractivity contribution in [3.05, 3.63) is 24.0 Å². The SMILES string of the molecule is CNC(c1cncc(OC)c1)C1CCCCCC1. The zero-order valence-electron chi connectivity index (χ0n) is 11.5. The van der Waals surface area contributed by atoms with Gasteiger partial charge in [-0.1, -0.05) is 25.7 Å². The third kappa shape index (κ3) is 3.22. The van der Waals surface area contributed by atoms with Crippen LogP contribution in [0.2, 0.25) is 0 Å². The first-order valence-corrected chi connectivity index (χ1v) is 7.01. The summed E-state index contributed by atoms with van der Waals surface area (Å²) in [5, 5.41) is 3.47. The van der Waals surface area contributed by atoms with Crippen LogP contribution in [0.4, 0.5) is 0 Å². The van der Waals surface area contributed by atoms with Crippen molar-refractivity contribution in [1.29, 1.82) is 0 Å². The average molecular weight is 248 g/mol. The summed E-state index contributed by atoms with van der Waals surface area (Å²) in [6.45, 7) is 0. The summed E-state index contributed by atoms with van der Waals surface area (Å²) >= 11 is 0. The Bertz CT molecular complexity index is 359. The molecule has 0 amide bonds. The van der Waals surface area contributed by atoms with E-state index in [1.165, 1.54) is 44.1 Å². The highest BCUT2D eigenvalue weighted by Crippen LogP contribution is 2.33. The number of rotatable bonds is 4. The molecule has 0 saturated heterocycles. The molecule has 18 heavy (non-hydrogen) atoms.